The van der Waals surface area contributed by atoms with E-state index in [-0.39, 0.29) is 31.0 Å². The number of aromatic amines is 1. The van der Waals surface area contributed by atoms with Crippen molar-refractivity contribution < 1.29 is 19.5 Å². The lowest BCUT2D eigenvalue weighted by atomic mass is 10.0. The van der Waals surface area contributed by atoms with Crippen molar-refractivity contribution in [2.75, 3.05) is 11.5 Å². The van der Waals surface area contributed by atoms with Gasteiger partial charge in [-0.3, -0.25) is 9.59 Å². The van der Waals surface area contributed by atoms with Crippen LogP contribution in [0.15, 0.2) is 6.33 Å². The van der Waals surface area contributed by atoms with Crippen molar-refractivity contribution in [3.63, 3.8) is 0 Å². The quantitative estimate of drug-likeness (QED) is 0.599. The van der Waals surface area contributed by atoms with Gasteiger partial charge in [0.1, 0.15) is 6.04 Å². The van der Waals surface area contributed by atoms with Crippen molar-refractivity contribution in [1.29, 1.82) is 0 Å². The van der Waals surface area contributed by atoms with Crippen LogP contribution in [0.5, 0.6) is 0 Å². The number of nitrogens with zero attached hydrogens (tertiary/aromatic N) is 2. The Bertz CT molecular complexity index is 559. The first-order valence-corrected chi connectivity index (χ1v) is 7.54. The van der Waals surface area contributed by atoms with Gasteiger partial charge in [-0.05, 0) is 0 Å². The van der Waals surface area contributed by atoms with Crippen molar-refractivity contribution in [2.24, 2.45) is 5.73 Å². The third-order valence-corrected chi connectivity index (χ3v) is 4.19. The summed E-state index contributed by atoms with van der Waals surface area (Å²) in [5.74, 6) is -1.14. The second-order valence-electron chi connectivity index (χ2n) is 4.68. The number of carboxylic acids is 1. The number of amides is 2. The number of aromatic nitrogens is 2. The van der Waals surface area contributed by atoms with Crippen LogP contribution in [0.2, 0.25) is 0 Å². The average Bonchev–Trinajstić information content (AvgIpc) is 2.88. The molecule has 21 heavy (non-hydrogen) atoms. The van der Waals surface area contributed by atoms with Crippen LogP contribution in [0.4, 0.5) is 0 Å². The van der Waals surface area contributed by atoms with Crippen molar-refractivity contribution in [1.82, 2.24) is 14.9 Å². The summed E-state index contributed by atoms with van der Waals surface area (Å²) in [6.07, 6.45) is 1.87. The number of carboxylic acid groups (broad SMARTS) is 1. The van der Waals surface area contributed by atoms with Gasteiger partial charge in [0.2, 0.25) is 11.8 Å². The van der Waals surface area contributed by atoms with E-state index in [0.717, 1.165) is 5.69 Å². The molecule has 2 heterocycles. The summed E-state index contributed by atoms with van der Waals surface area (Å²) in [4.78, 5) is 42.4. The first-order chi connectivity index (χ1) is 9.99. The zero-order valence-corrected chi connectivity index (χ0v) is 12.1. The molecule has 0 fully saturated rings. The number of aliphatic carboxylic acids is 1. The van der Waals surface area contributed by atoms with E-state index < -0.39 is 17.9 Å². The molecule has 2 rings (SSSR count). The molecule has 1 aromatic heterocycles. The van der Waals surface area contributed by atoms with Gasteiger partial charge in [-0.15, -0.1) is 0 Å². The molecule has 0 aliphatic carbocycles. The van der Waals surface area contributed by atoms with E-state index in [1.165, 1.54) is 23.0 Å². The van der Waals surface area contributed by atoms with Gasteiger partial charge >= 0.3 is 5.97 Å². The zero-order chi connectivity index (χ0) is 15.4. The number of nitrogens with one attached hydrogen (secondary N) is 1. The van der Waals surface area contributed by atoms with Crippen LogP contribution in [0.3, 0.4) is 0 Å². The fourth-order valence-electron chi connectivity index (χ4n) is 2.19. The number of rotatable bonds is 6. The SMILES string of the molecule is NC(=O)CSCCC(=O)N1Cc2[nH]cnc2CC1C(=O)O. The summed E-state index contributed by atoms with van der Waals surface area (Å²) in [6.45, 7) is 0.214. The fourth-order valence-corrected chi connectivity index (χ4v) is 2.86. The molecule has 1 aliphatic rings. The fraction of sp³-hybridized carbons (Fsp3) is 0.500. The number of fused-ring (bicyclic) bond motifs is 1. The molecular weight excluding hydrogens is 296 g/mol. The number of carbonyl (C=O) groups is 3. The lowest BCUT2D eigenvalue weighted by molar-refractivity contribution is -0.151. The predicted molar refractivity (Wildman–Crippen MR) is 75.4 cm³/mol. The molecule has 2 amide bonds. The first-order valence-electron chi connectivity index (χ1n) is 6.38. The summed E-state index contributed by atoms with van der Waals surface area (Å²) in [7, 11) is 0. The Morgan fingerprint density at radius 3 is 2.95 bits per heavy atom. The summed E-state index contributed by atoms with van der Waals surface area (Å²) < 4.78 is 0. The Labute approximate surface area is 125 Å². The number of carbonyl (C=O) groups excluding carboxylic acids is 2. The zero-order valence-electron chi connectivity index (χ0n) is 11.2. The monoisotopic (exact) mass is 312 g/mol. The number of nitrogens with two attached hydrogens (primary N) is 1. The largest absolute Gasteiger partial charge is 0.480 e. The highest BCUT2D eigenvalue weighted by atomic mass is 32.2. The van der Waals surface area contributed by atoms with E-state index in [1.807, 2.05) is 0 Å². The van der Waals surface area contributed by atoms with E-state index in [0.29, 0.717) is 11.4 Å². The minimum absolute atomic E-state index is 0.153. The van der Waals surface area contributed by atoms with E-state index >= 15 is 0 Å². The summed E-state index contributed by atoms with van der Waals surface area (Å²) in [5, 5.41) is 9.27. The van der Waals surface area contributed by atoms with Gasteiger partial charge in [0, 0.05) is 18.6 Å². The van der Waals surface area contributed by atoms with Crippen LogP contribution in [-0.2, 0) is 27.3 Å². The number of primary amides is 1. The van der Waals surface area contributed by atoms with Crippen molar-refractivity contribution in [2.45, 2.75) is 25.4 Å². The molecule has 1 aromatic rings. The molecular formula is C12H16N4O4S. The maximum absolute atomic E-state index is 12.2. The van der Waals surface area contributed by atoms with E-state index in [2.05, 4.69) is 9.97 Å². The molecule has 0 bridgehead atoms. The topological polar surface area (TPSA) is 129 Å². The Hall–Kier alpha value is -2.03. The van der Waals surface area contributed by atoms with Crippen LogP contribution in [0.25, 0.3) is 0 Å². The molecule has 1 atom stereocenters. The predicted octanol–water partition coefficient (Wildman–Crippen LogP) is -0.644. The molecule has 1 aliphatic heterocycles. The van der Waals surface area contributed by atoms with E-state index in [4.69, 9.17) is 5.73 Å². The molecule has 9 heteroatoms. The minimum atomic E-state index is -1.04. The number of imidazole rings is 1. The number of thioether (sulfide) groups is 1. The summed E-state index contributed by atoms with van der Waals surface area (Å²) in [6, 6.07) is -0.894. The van der Waals surface area contributed by atoms with E-state index in [1.54, 1.807) is 0 Å². The summed E-state index contributed by atoms with van der Waals surface area (Å²) in [5.41, 5.74) is 6.47. The van der Waals surface area contributed by atoms with Crippen LogP contribution < -0.4 is 5.73 Å². The molecule has 8 nitrogen and oxygen atoms in total. The maximum Gasteiger partial charge on any atom is 0.326 e. The lowest BCUT2D eigenvalue weighted by Gasteiger charge is -2.32. The Morgan fingerprint density at radius 1 is 1.52 bits per heavy atom. The van der Waals surface area contributed by atoms with Gasteiger partial charge < -0.3 is 20.7 Å². The van der Waals surface area contributed by atoms with Gasteiger partial charge in [-0.25, -0.2) is 9.78 Å². The number of hydrogen-bond acceptors (Lipinski definition) is 5. The molecule has 0 radical (unpaired) electrons. The van der Waals surface area contributed by atoms with Gasteiger partial charge in [-0.2, -0.15) is 11.8 Å². The smallest absolute Gasteiger partial charge is 0.326 e. The van der Waals surface area contributed by atoms with Crippen LogP contribution in [0, 0.1) is 0 Å². The van der Waals surface area contributed by atoms with Crippen LogP contribution >= 0.6 is 11.8 Å². The van der Waals surface area contributed by atoms with Crippen molar-refractivity contribution in [3.8, 4) is 0 Å². The second-order valence-corrected chi connectivity index (χ2v) is 5.78. The maximum atomic E-state index is 12.2. The number of hydrogen-bond donors (Lipinski definition) is 3. The van der Waals surface area contributed by atoms with Gasteiger partial charge in [0.25, 0.3) is 0 Å². The average molecular weight is 312 g/mol. The third kappa shape index (κ3) is 3.75. The highest BCUT2D eigenvalue weighted by molar-refractivity contribution is 7.99. The molecule has 0 aromatic carbocycles. The van der Waals surface area contributed by atoms with Gasteiger partial charge in [0.05, 0.1) is 30.0 Å². The lowest BCUT2D eigenvalue weighted by Crippen LogP contribution is -2.48. The minimum Gasteiger partial charge on any atom is -0.480 e. The second kappa shape index (κ2) is 6.61. The Balaban J connectivity index is 1.97. The molecule has 114 valence electrons. The van der Waals surface area contributed by atoms with Crippen molar-refractivity contribution >= 4 is 29.5 Å². The van der Waals surface area contributed by atoms with Crippen molar-refractivity contribution in [3.05, 3.63) is 17.7 Å². The molecule has 0 spiro atoms. The standard InChI is InChI=1S/C12H16N4O4S/c13-10(17)5-21-2-1-11(18)16-4-8-7(14-6-15-8)3-9(16)12(19)20/h6,9H,1-5H2,(H2,13,17)(H,14,15)(H,19,20). The molecule has 1 unspecified atom stereocenters. The van der Waals surface area contributed by atoms with Gasteiger partial charge in [-0.1, -0.05) is 0 Å². The van der Waals surface area contributed by atoms with E-state index in [9.17, 15) is 19.5 Å². The van der Waals surface area contributed by atoms with Crippen LogP contribution in [0.1, 0.15) is 17.8 Å². The molecule has 0 saturated heterocycles. The number of H-pyrrole nitrogens is 1. The molecule has 0 saturated carbocycles. The Kier molecular flexibility index (Phi) is 4.84. The summed E-state index contributed by atoms with van der Waals surface area (Å²) >= 11 is 1.26. The highest BCUT2D eigenvalue weighted by Crippen LogP contribution is 2.22. The first kappa shape index (κ1) is 15.4. The Morgan fingerprint density at radius 2 is 2.29 bits per heavy atom. The highest BCUT2D eigenvalue weighted by Gasteiger charge is 2.35. The molecule has 4 N–H and O–H groups in total. The van der Waals surface area contributed by atoms with Gasteiger partial charge in [0.15, 0.2) is 0 Å². The van der Waals surface area contributed by atoms with Crippen LogP contribution in [-0.4, -0.2) is 55.3 Å². The normalized spacial score (nSPS) is 17.3. The third-order valence-electron chi connectivity index (χ3n) is 3.21.